The molecule has 1 N–H and O–H groups in total. The zero-order valence-electron chi connectivity index (χ0n) is 14.3. The number of carbonyl (C=O) groups is 1. The first-order valence-corrected chi connectivity index (χ1v) is 8.40. The van der Waals surface area contributed by atoms with Crippen LogP contribution in [-0.2, 0) is 4.79 Å². The van der Waals surface area contributed by atoms with Gasteiger partial charge in [-0.25, -0.2) is 0 Å². The molecular formula is C21H25NO. The minimum atomic E-state index is -0.00661. The van der Waals surface area contributed by atoms with E-state index in [0.29, 0.717) is 5.78 Å². The van der Waals surface area contributed by atoms with Crippen LogP contribution in [-0.4, -0.2) is 5.78 Å². The summed E-state index contributed by atoms with van der Waals surface area (Å²) in [6.45, 7) is 8.29. The Hall–Kier alpha value is -1.93. The number of ketones is 1. The Morgan fingerprint density at radius 1 is 0.783 bits per heavy atom. The first-order valence-electron chi connectivity index (χ1n) is 8.40. The Labute approximate surface area is 138 Å². The molecule has 2 aromatic rings. The number of nitrogens with one attached hydrogen (secondary N) is 1. The van der Waals surface area contributed by atoms with Crippen molar-refractivity contribution in [1.29, 1.82) is 0 Å². The highest BCUT2D eigenvalue weighted by molar-refractivity contribution is 5.85. The number of rotatable bonds is 2. The molecule has 1 saturated heterocycles. The Kier molecular flexibility index (Phi) is 4.36. The molecule has 23 heavy (non-hydrogen) atoms. The van der Waals surface area contributed by atoms with Crippen LogP contribution in [0.2, 0.25) is 0 Å². The van der Waals surface area contributed by atoms with E-state index >= 15 is 0 Å². The number of piperidine rings is 1. The van der Waals surface area contributed by atoms with Crippen molar-refractivity contribution in [3.63, 3.8) is 0 Å². The highest BCUT2D eigenvalue weighted by Crippen LogP contribution is 2.38. The fourth-order valence-electron chi connectivity index (χ4n) is 3.72. The zero-order chi connectivity index (χ0) is 16.6. The van der Waals surface area contributed by atoms with E-state index in [1.807, 2.05) is 13.8 Å². The highest BCUT2D eigenvalue weighted by Gasteiger charge is 2.40. The molecule has 4 atom stereocenters. The van der Waals surface area contributed by atoms with E-state index in [1.54, 1.807) is 0 Å². The molecule has 2 aromatic carbocycles. The monoisotopic (exact) mass is 307 g/mol. The van der Waals surface area contributed by atoms with Crippen molar-refractivity contribution < 1.29 is 4.79 Å². The van der Waals surface area contributed by atoms with Crippen LogP contribution in [0.5, 0.6) is 0 Å². The minimum absolute atomic E-state index is 0.00661. The Morgan fingerprint density at radius 2 is 1.22 bits per heavy atom. The van der Waals surface area contributed by atoms with Crippen LogP contribution in [0.3, 0.4) is 0 Å². The minimum Gasteiger partial charge on any atom is -0.302 e. The van der Waals surface area contributed by atoms with Crippen LogP contribution in [0, 0.1) is 25.7 Å². The molecule has 0 amide bonds. The normalized spacial score (nSPS) is 27.9. The summed E-state index contributed by atoms with van der Waals surface area (Å²) in [5, 5.41) is 3.75. The van der Waals surface area contributed by atoms with E-state index in [9.17, 15) is 4.79 Å². The molecular weight excluding hydrogens is 282 g/mol. The molecule has 0 radical (unpaired) electrons. The van der Waals surface area contributed by atoms with Crippen molar-refractivity contribution in [1.82, 2.24) is 5.32 Å². The lowest BCUT2D eigenvalue weighted by Crippen LogP contribution is -2.46. The molecule has 0 bridgehead atoms. The number of Topliss-reactive ketones (excluding diaryl/α,β-unsaturated/α-hetero) is 1. The fourth-order valence-corrected chi connectivity index (χ4v) is 3.72. The SMILES string of the molecule is Cc1cccc([C@H]2N[C@H](c3cccc(C)c3)[C@@H](C)C(=O)[C@@H]2C)c1. The average Bonchev–Trinajstić information content (AvgIpc) is 2.53. The number of benzene rings is 2. The van der Waals surface area contributed by atoms with Gasteiger partial charge in [0.15, 0.2) is 0 Å². The highest BCUT2D eigenvalue weighted by atomic mass is 16.1. The van der Waals surface area contributed by atoms with Gasteiger partial charge >= 0.3 is 0 Å². The van der Waals surface area contributed by atoms with Gasteiger partial charge in [0.1, 0.15) is 5.78 Å². The molecule has 1 heterocycles. The molecule has 2 heteroatoms. The summed E-state index contributed by atoms with van der Waals surface area (Å²) in [5.74, 6) is 0.336. The number of aryl methyl sites for hydroxylation is 2. The van der Waals surface area contributed by atoms with Gasteiger partial charge in [-0.05, 0) is 25.0 Å². The molecule has 0 aromatic heterocycles. The lowest BCUT2D eigenvalue weighted by atomic mass is 9.76. The molecule has 1 aliphatic heterocycles. The fraction of sp³-hybridized carbons (Fsp3) is 0.381. The Morgan fingerprint density at radius 3 is 1.61 bits per heavy atom. The standard InChI is InChI=1S/C21H25NO/c1-13-7-5-9-17(11-13)19-15(3)21(23)16(4)20(22-19)18-10-6-8-14(2)12-18/h5-12,15-16,19-20,22H,1-4H3/t15-,16-,19+,20+/m1/s1. The Bertz CT molecular complexity index is 662. The quantitative estimate of drug-likeness (QED) is 0.883. The van der Waals surface area contributed by atoms with Gasteiger partial charge in [0.05, 0.1) is 0 Å². The molecule has 3 rings (SSSR count). The molecule has 0 saturated carbocycles. The zero-order valence-corrected chi connectivity index (χ0v) is 14.3. The first-order chi connectivity index (χ1) is 11.0. The molecule has 1 aliphatic rings. The largest absolute Gasteiger partial charge is 0.302 e. The maximum atomic E-state index is 12.8. The molecule has 0 unspecified atom stereocenters. The van der Waals surface area contributed by atoms with Crippen LogP contribution in [0.1, 0.15) is 48.2 Å². The van der Waals surface area contributed by atoms with Gasteiger partial charge in [-0.15, -0.1) is 0 Å². The second-order valence-corrected chi connectivity index (χ2v) is 6.93. The van der Waals surface area contributed by atoms with Crippen molar-refractivity contribution in [2.24, 2.45) is 11.8 Å². The molecule has 120 valence electrons. The van der Waals surface area contributed by atoms with E-state index in [0.717, 1.165) is 0 Å². The third-order valence-electron chi connectivity index (χ3n) is 5.06. The summed E-state index contributed by atoms with van der Waals surface area (Å²) < 4.78 is 0. The van der Waals surface area contributed by atoms with Crippen LogP contribution in [0.4, 0.5) is 0 Å². The lowest BCUT2D eigenvalue weighted by Gasteiger charge is -2.39. The van der Waals surface area contributed by atoms with Gasteiger partial charge in [-0.3, -0.25) is 4.79 Å². The van der Waals surface area contributed by atoms with E-state index in [1.165, 1.54) is 22.3 Å². The predicted molar refractivity (Wildman–Crippen MR) is 94.3 cm³/mol. The Balaban J connectivity index is 1.97. The van der Waals surface area contributed by atoms with Crippen LogP contribution >= 0.6 is 0 Å². The second kappa shape index (κ2) is 6.29. The summed E-state index contributed by atoms with van der Waals surface area (Å²) >= 11 is 0. The second-order valence-electron chi connectivity index (χ2n) is 6.93. The molecule has 2 nitrogen and oxygen atoms in total. The number of carbonyl (C=O) groups excluding carboxylic acids is 1. The average molecular weight is 307 g/mol. The smallest absolute Gasteiger partial charge is 0.142 e. The van der Waals surface area contributed by atoms with E-state index in [2.05, 4.69) is 67.7 Å². The maximum Gasteiger partial charge on any atom is 0.142 e. The van der Waals surface area contributed by atoms with Gasteiger partial charge in [0.25, 0.3) is 0 Å². The summed E-state index contributed by atoms with van der Waals surface area (Å²) in [6.07, 6.45) is 0. The van der Waals surface area contributed by atoms with E-state index in [-0.39, 0.29) is 23.9 Å². The van der Waals surface area contributed by atoms with Gasteiger partial charge in [0, 0.05) is 23.9 Å². The molecule has 0 aliphatic carbocycles. The van der Waals surface area contributed by atoms with Gasteiger partial charge in [-0.2, -0.15) is 0 Å². The maximum absolute atomic E-state index is 12.8. The van der Waals surface area contributed by atoms with Crippen LogP contribution < -0.4 is 5.32 Å². The van der Waals surface area contributed by atoms with Crippen molar-refractivity contribution >= 4 is 5.78 Å². The third kappa shape index (κ3) is 3.09. The molecule has 0 spiro atoms. The summed E-state index contributed by atoms with van der Waals surface area (Å²) in [6, 6.07) is 17.1. The van der Waals surface area contributed by atoms with Crippen LogP contribution in [0.15, 0.2) is 48.5 Å². The van der Waals surface area contributed by atoms with Gasteiger partial charge in [0.2, 0.25) is 0 Å². The van der Waals surface area contributed by atoms with E-state index in [4.69, 9.17) is 0 Å². The van der Waals surface area contributed by atoms with Crippen molar-refractivity contribution in [2.45, 2.75) is 39.8 Å². The lowest BCUT2D eigenvalue weighted by molar-refractivity contribution is -0.130. The van der Waals surface area contributed by atoms with Crippen molar-refractivity contribution in [2.75, 3.05) is 0 Å². The summed E-state index contributed by atoms with van der Waals surface area (Å²) in [5.41, 5.74) is 4.87. The third-order valence-corrected chi connectivity index (χ3v) is 5.06. The summed E-state index contributed by atoms with van der Waals surface area (Å²) in [4.78, 5) is 12.8. The van der Waals surface area contributed by atoms with Gasteiger partial charge < -0.3 is 5.32 Å². The van der Waals surface area contributed by atoms with Crippen molar-refractivity contribution in [3.05, 3.63) is 70.8 Å². The van der Waals surface area contributed by atoms with E-state index < -0.39 is 0 Å². The topological polar surface area (TPSA) is 29.1 Å². The van der Waals surface area contributed by atoms with Gasteiger partial charge in [-0.1, -0.05) is 73.5 Å². The van der Waals surface area contributed by atoms with Crippen molar-refractivity contribution in [3.8, 4) is 0 Å². The van der Waals surface area contributed by atoms with Crippen LogP contribution in [0.25, 0.3) is 0 Å². The molecule has 1 fully saturated rings. The first kappa shape index (κ1) is 15.9. The summed E-state index contributed by atoms with van der Waals surface area (Å²) in [7, 11) is 0. The number of hydrogen-bond acceptors (Lipinski definition) is 2. The number of hydrogen-bond donors (Lipinski definition) is 1. The predicted octanol–water partition coefficient (Wildman–Crippen LogP) is 4.53.